The number of carbonyl (C=O) groups is 3. The van der Waals surface area contributed by atoms with E-state index in [1.807, 2.05) is 0 Å². The Morgan fingerprint density at radius 1 is 1.17 bits per heavy atom. The summed E-state index contributed by atoms with van der Waals surface area (Å²) in [5.41, 5.74) is -1.76. The number of nitrogens with one attached hydrogen (secondary N) is 1. The lowest BCUT2D eigenvalue weighted by Crippen LogP contribution is -2.64. The van der Waals surface area contributed by atoms with Gasteiger partial charge in [-0.3, -0.25) is 9.59 Å². The Hall–Kier alpha value is -2.21. The molecule has 0 spiro atoms. The Labute approximate surface area is 103 Å². The maximum atomic E-state index is 12.3. The van der Waals surface area contributed by atoms with Crippen molar-refractivity contribution in [1.82, 2.24) is 5.32 Å². The fraction of sp³-hybridized carbons (Fsp3) is 0.250. The van der Waals surface area contributed by atoms with Gasteiger partial charge in [0, 0.05) is 12.7 Å². The minimum absolute atomic E-state index is 0.133. The molecule has 0 fully saturated rings. The average Bonchev–Trinajstić information content (AvgIpc) is 2.42. The number of hydrogen-bond donors (Lipinski definition) is 1. The van der Waals surface area contributed by atoms with Crippen molar-refractivity contribution in [3.05, 3.63) is 35.4 Å². The second-order valence-electron chi connectivity index (χ2n) is 3.71. The first kappa shape index (κ1) is 12.3. The number of esters is 1. The van der Waals surface area contributed by atoms with Crippen LogP contribution in [0, 0.1) is 0 Å². The van der Waals surface area contributed by atoms with Crippen LogP contribution in [-0.4, -0.2) is 37.6 Å². The van der Waals surface area contributed by atoms with E-state index in [1.165, 1.54) is 12.1 Å². The van der Waals surface area contributed by atoms with Gasteiger partial charge in [0.1, 0.15) is 0 Å². The lowest BCUT2D eigenvalue weighted by atomic mass is 9.91. The van der Waals surface area contributed by atoms with Gasteiger partial charge in [0.25, 0.3) is 5.91 Å². The Morgan fingerprint density at radius 3 is 2.33 bits per heavy atom. The quantitative estimate of drug-likeness (QED) is 0.595. The second-order valence-corrected chi connectivity index (χ2v) is 3.71. The SMILES string of the molecule is COC(=O)[C@@]1(OC)NC(=O)c2ccccc2C1=O. The highest BCUT2D eigenvalue weighted by Crippen LogP contribution is 2.25. The summed E-state index contributed by atoms with van der Waals surface area (Å²) in [6.45, 7) is 0. The van der Waals surface area contributed by atoms with E-state index in [4.69, 9.17) is 4.74 Å². The zero-order valence-corrected chi connectivity index (χ0v) is 9.85. The topological polar surface area (TPSA) is 81.7 Å². The second kappa shape index (κ2) is 4.23. The summed E-state index contributed by atoms with van der Waals surface area (Å²) >= 11 is 0. The molecule has 6 nitrogen and oxygen atoms in total. The largest absolute Gasteiger partial charge is 0.465 e. The number of benzene rings is 1. The van der Waals surface area contributed by atoms with Crippen LogP contribution in [0.3, 0.4) is 0 Å². The summed E-state index contributed by atoms with van der Waals surface area (Å²) in [6, 6.07) is 6.20. The van der Waals surface area contributed by atoms with Crippen LogP contribution >= 0.6 is 0 Å². The van der Waals surface area contributed by atoms with Gasteiger partial charge in [-0.15, -0.1) is 0 Å². The van der Waals surface area contributed by atoms with Crippen molar-refractivity contribution in [3.8, 4) is 0 Å². The molecule has 6 heteroatoms. The molecule has 2 rings (SSSR count). The summed E-state index contributed by atoms with van der Waals surface area (Å²) in [5.74, 6) is -2.16. The van der Waals surface area contributed by atoms with Gasteiger partial charge >= 0.3 is 11.7 Å². The Balaban J connectivity index is 2.60. The fourth-order valence-corrected chi connectivity index (χ4v) is 1.87. The fourth-order valence-electron chi connectivity index (χ4n) is 1.87. The van der Waals surface area contributed by atoms with Gasteiger partial charge in [-0.2, -0.15) is 0 Å². The molecular formula is C12H11NO5. The molecule has 1 aromatic carbocycles. The van der Waals surface area contributed by atoms with Gasteiger partial charge in [0.2, 0.25) is 5.78 Å². The van der Waals surface area contributed by atoms with E-state index >= 15 is 0 Å². The minimum atomic E-state index is -2.10. The molecule has 1 aliphatic rings. The van der Waals surface area contributed by atoms with Crippen LogP contribution in [-0.2, 0) is 14.3 Å². The predicted molar refractivity (Wildman–Crippen MR) is 60.0 cm³/mol. The van der Waals surface area contributed by atoms with Gasteiger partial charge in [-0.25, -0.2) is 4.79 Å². The number of ketones is 1. The molecule has 0 radical (unpaired) electrons. The summed E-state index contributed by atoms with van der Waals surface area (Å²) in [5, 5.41) is 2.25. The summed E-state index contributed by atoms with van der Waals surface area (Å²) in [6.07, 6.45) is 0. The molecule has 1 heterocycles. The van der Waals surface area contributed by atoms with Crippen LogP contribution in [0.25, 0.3) is 0 Å². The molecule has 0 bridgehead atoms. The molecule has 0 saturated carbocycles. The number of Topliss-reactive ketones (excluding diaryl/α,β-unsaturated/α-hetero) is 1. The van der Waals surface area contributed by atoms with Crippen LogP contribution in [0.4, 0.5) is 0 Å². The molecule has 1 aromatic rings. The van der Waals surface area contributed by atoms with Crippen molar-refractivity contribution in [2.24, 2.45) is 0 Å². The molecule has 18 heavy (non-hydrogen) atoms. The van der Waals surface area contributed by atoms with E-state index in [0.717, 1.165) is 14.2 Å². The lowest BCUT2D eigenvalue weighted by Gasteiger charge is -2.32. The van der Waals surface area contributed by atoms with Gasteiger partial charge < -0.3 is 14.8 Å². The molecule has 1 N–H and O–H groups in total. The first-order valence-electron chi connectivity index (χ1n) is 5.16. The van der Waals surface area contributed by atoms with Crippen molar-refractivity contribution in [3.63, 3.8) is 0 Å². The van der Waals surface area contributed by atoms with Gasteiger partial charge in [0.05, 0.1) is 12.7 Å². The number of fused-ring (bicyclic) bond motifs is 1. The van der Waals surface area contributed by atoms with E-state index in [0.29, 0.717) is 0 Å². The third-order valence-electron chi connectivity index (χ3n) is 2.80. The first-order valence-corrected chi connectivity index (χ1v) is 5.16. The van der Waals surface area contributed by atoms with Gasteiger partial charge in [0.15, 0.2) is 0 Å². The first-order chi connectivity index (χ1) is 8.56. The average molecular weight is 249 g/mol. The highest BCUT2D eigenvalue weighted by molar-refractivity contribution is 6.24. The third kappa shape index (κ3) is 1.50. The monoisotopic (exact) mass is 249 g/mol. The molecule has 0 aromatic heterocycles. The minimum Gasteiger partial charge on any atom is -0.465 e. The highest BCUT2D eigenvalue weighted by Gasteiger charge is 2.53. The number of carbonyl (C=O) groups excluding carboxylic acids is 3. The van der Waals surface area contributed by atoms with Crippen LogP contribution in [0.5, 0.6) is 0 Å². The van der Waals surface area contributed by atoms with Crippen molar-refractivity contribution < 1.29 is 23.9 Å². The van der Waals surface area contributed by atoms with Gasteiger partial charge in [-0.05, 0) is 6.07 Å². The Bertz CT molecular complexity index is 539. The molecule has 94 valence electrons. The van der Waals surface area contributed by atoms with Crippen molar-refractivity contribution in [2.75, 3.05) is 14.2 Å². The molecule has 0 saturated heterocycles. The molecule has 0 unspecified atom stereocenters. The molecule has 1 atom stereocenters. The maximum absolute atomic E-state index is 12.3. The lowest BCUT2D eigenvalue weighted by molar-refractivity contribution is -0.162. The van der Waals surface area contributed by atoms with Crippen molar-refractivity contribution in [2.45, 2.75) is 5.72 Å². The van der Waals surface area contributed by atoms with E-state index in [2.05, 4.69) is 10.1 Å². The summed E-state index contributed by atoms with van der Waals surface area (Å²) < 4.78 is 9.43. The smallest absolute Gasteiger partial charge is 0.368 e. The molecule has 1 aliphatic heterocycles. The highest BCUT2D eigenvalue weighted by atomic mass is 16.6. The van der Waals surface area contributed by atoms with Crippen LogP contribution in [0.1, 0.15) is 20.7 Å². The Kier molecular flexibility index (Phi) is 2.88. The van der Waals surface area contributed by atoms with Crippen LogP contribution in [0.15, 0.2) is 24.3 Å². The number of ether oxygens (including phenoxy) is 2. The van der Waals surface area contributed by atoms with Crippen LogP contribution in [0.2, 0.25) is 0 Å². The number of amides is 1. The molecule has 1 amide bonds. The summed E-state index contributed by atoms with van der Waals surface area (Å²) in [7, 11) is 2.27. The number of hydrogen-bond acceptors (Lipinski definition) is 5. The number of methoxy groups -OCH3 is 2. The standard InChI is InChI=1S/C12H11NO5/c1-17-11(16)12(18-2)9(14)7-5-3-4-6-8(7)10(15)13-12/h3-6H,1-2H3,(H,13,15)/t12-/m1/s1. The van der Waals surface area contributed by atoms with E-state index in [-0.39, 0.29) is 11.1 Å². The van der Waals surface area contributed by atoms with E-state index in [1.54, 1.807) is 12.1 Å². The predicted octanol–water partition coefficient (Wildman–Crippen LogP) is 0.128. The van der Waals surface area contributed by atoms with E-state index in [9.17, 15) is 14.4 Å². The summed E-state index contributed by atoms with van der Waals surface area (Å²) in [4.78, 5) is 35.9. The van der Waals surface area contributed by atoms with Crippen molar-refractivity contribution in [1.29, 1.82) is 0 Å². The number of rotatable bonds is 2. The zero-order valence-electron chi connectivity index (χ0n) is 9.85. The van der Waals surface area contributed by atoms with Crippen LogP contribution < -0.4 is 5.32 Å². The Morgan fingerprint density at radius 2 is 1.78 bits per heavy atom. The normalized spacial score (nSPS) is 22.1. The molecular weight excluding hydrogens is 238 g/mol. The third-order valence-corrected chi connectivity index (χ3v) is 2.80. The van der Waals surface area contributed by atoms with E-state index < -0.39 is 23.4 Å². The zero-order chi connectivity index (χ0) is 13.3. The van der Waals surface area contributed by atoms with Gasteiger partial charge in [-0.1, -0.05) is 18.2 Å². The molecule has 0 aliphatic carbocycles. The maximum Gasteiger partial charge on any atom is 0.368 e. The van der Waals surface area contributed by atoms with Crippen molar-refractivity contribution >= 4 is 17.7 Å².